The molecule has 0 atom stereocenters. The van der Waals surface area contributed by atoms with Crippen molar-refractivity contribution in [3.63, 3.8) is 0 Å². The Morgan fingerprint density at radius 1 is 0.921 bits per heavy atom. The minimum atomic E-state index is -4.14. The molecular formula is C27H23F2N4O4P+2. The van der Waals surface area contributed by atoms with Gasteiger partial charge in [-0.05, 0) is 11.1 Å². The highest BCUT2D eigenvalue weighted by molar-refractivity contribution is 7.51. The van der Waals surface area contributed by atoms with Crippen molar-refractivity contribution in [2.24, 2.45) is 0 Å². The Kier molecular flexibility index (Phi) is 9.48. The van der Waals surface area contributed by atoms with Crippen LogP contribution in [0.3, 0.4) is 0 Å². The summed E-state index contributed by atoms with van der Waals surface area (Å²) in [6, 6.07) is 8.32. The molecule has 1 aromatic carbocycles. The van der Waals surface area contributed by atoms with Gasteiger partial charge in [0, 0.05) is 35.4 Å². The van der Waals surface area contributed by atoms with Crippen molar-refractivity contribution in [3.8, 4) is 6.07 Å². The largest absolute Gasteiger partial charge is 0.331 e. The van der Waals surface area contributed by atoms with Gasteiger partial charge in [0.25, 0.3) is 0 Å². The Morgan fingerprint density at radius 2 is 1.45 bits per heavy atom. The lowest BCUT2D eigenvalue weighted by molar-refractivity contribution is -0.695. The smallest absolute Gasteiger partial charge is 0.324 e. The molecule has 0 fully saturated rings. The van der Waals surface area contributed by atoms with Crippen LogP contribution in [0.15, 0.2) is 49.1 Å². The van der Waals surface area contributed by atoms with Crippen LogP contribution in [0.5, 0.6) is 0 Å². The number of carbonyl (C=O) groups is 1. The molecule has 3 aromatic rings. The molecule has 0 saturated carbocycles. The van der Waals surface area contributed by atoms with Gasteiger partial charge in [0.2, 0.25) is 5.69 Å². The number of aryl methyl sites for hydroxylation is 2. The number of aromatic nitrogens is 2. The molecule has 2 aromatic heterocycles. The van der Waals surface area contributed by atoms with Gasteiger partial charge in [0.15, 0.2) is 37.9 Å². The van der Waals surface area contributed by atoms with E-state index in [1.807, 2.05) is 0 Å². The first-order chi connectivity index (χ1) is 18.2. The van der Waals surface area contributed by atoms with Gasteiger partial charge >= 0.3 is 7.60 Å². The maximum absolute atomic E-state index is 15.3. The third-order valence-corrected chi connectivity index (χ3v) is 6.30. The molecule has 0 aliphatic carbocycles. The van der Waals surface area contributed by atoms with E-state index in [0.717, 1.165) is 6.29 Å². The van der Waals surface area contributed by atoms with Crippen LogP contribution in [0.4, 0.5) is 14.5 Å². The van der Waals surface area contributed by atoms with Gasteiger partial charge in [0.05, 0.1) is 18.6 Å². The maximum Gasteiger partial charge on any atom is 0.331 e. The van der Waals surface area contributed by atoms with Crippen LogP contribution in [0, 0.1) is 29.5 Å². The van der Waals surface area contributed by atoms with E-state index in [-0.39, 0.29) is 23.8 Å². The Bertz CT molecular complexity index is 1520. The molecule has 0 amide bonds. The molecule has 38 heavy (non-hydrogen) atoms. The fourth-order valence-corrected chi connectivity index (χ4v) is 4.00. The molecule has 11 heteroatoms. The lowest BCUT2D eigenvalue weighted by Crippen LogP contribution is -2.34. The van der Waals surface area contributed by atoms with Crippen LogP contribution in [-0.2, 0) is 22.4 Å². The molecule has 192 valence electrons. The van der Waals surface area contributed by atoms with E-state index in [1.54, 1.807) is 64.3 Å². The number of rotatable bonds is 10. The molecule has 2 heterocycles. The predicted octanol–water partition coefficient (Wildman–Crippen LogP) is 4.07. The highest BCUT2D eigenvalue weighted by Crippen LogP contribution is 2.35. The molecule has 0 aliphatic heterocycles. The van der Waals surface area contributed by atoms with Crippen LogP contribution >= 0.6 is 7.60 Å². The normalized spacial score (nSPS) is 11.5. The number of nitriles is 1. The van der Waals surface area contributed by atoms with Crippen molar-refractivity contribution in [2.45, 2.75) is 19.5 Å². The molecule has 3 rings (SSSR count). The first kappa shape index (κ1) is 28.2. The number of nitrogens with zero attached hydrogens (tertiary/aromatic N) is 4. The van der Waals surface area contributed by atoms with Gasteiger partial charge in [0.1, 0.15) is 30.2 Å². The molecule has 0 bridgehead atoms. The monoisotopic (exact) mass is 536 g/mol. The van der Waals surface area contributed by atoms with Gasteiger partial charge in [-0.1, -0.05) is 24.3 Å². The summed E-state index contributed by atoms with van der Waals surface area (Å²) in [6.45, 7) is 8.02. The molecule has 0 spiro atoms. The van der Waals surface area contributed by atoms with Gasteiger partial charge < -0.3 is 14.6 Å². The number of pyridine rings is 2. The summed E-state index contributed by atoms with van der Waals surface area (Å²) in [6.07, 6.45) is 12.9. The number of hydrogen-bond acceptors (Lipinski definition) is 3. The van der Waals surface area contributed by atoms with E-state index in [2.05, 4.69) is 4.85 Å². The van der Waals surface area contributed by atoms with Crippen molar-refractivity contribution < 1.29 is 37.1 Å². The Balaban J connectivity index is 1.90. The fraction of sp³-hybridized carbons (Fsp3) is 0.148. The Labute approximate surface area is 218 Å². The summed E-state index contributed by atoms with van der Waals surface area (Å²) in [5, 5.41) is 9.57. The lowest BCUT2D eigenvalue weighted by Gasteiger charge is -2.09. The zero-order valence-electron chi connectivity index (χ0n) is 20.0. The maximum atomic E-state index is 15.3. The molecule has 8 nitrogen and oxygen atoms in total. The van der Waals surface area contributed by atoms with Crippen LogP contribution in [0.1, 0.15) is 34.2 Å². The quantitative estimate of drug-likeness (QED) is 0.176. The van der Waals surface area contributed by atoms with Crippen LogP contribution in [-0.4, -0.2) is 22.2 Å². The van der Waals surface area contributed by atoms with Crippen molar-refractivity contribution in [1.82, 2.24) is 0 Å². The van der Waals surface area contributed by atoms with Crippen molar-refractivity contribution >= 4 is 43.9 Å². The fourth-order valence-electron chi connectivity index (χ4n) is 3.50. The van der Waals surface area contributed by atoms with Crippen molar-refractivity contribution in [1.29, 1.82) is 5.26 Å². The average molecular weight is 536 g/mol. The second-order valence-corrected chi connectivity index (χ2v) is 9.93. The summed E-state index contributed by atoms with van der Waals surface area (Å²) in [4.78, 5) is 31.7. The summed E-state index contributed by atoms with van der Waals surface area (Å²) in [5.74, 6) is -2.04. The number of carbonyl (C=O) groups excluding carboxylic acids is 1. The minimum Gasteiger partial charge on any atom is -0.324 e. The van der Waals surface area contributed by atoms with E-state index in [4.69, 9.17) is 16.4 Å². The molecule has 0 saturated heterocycles. The molecule has 0 unspecified atom stereocenters. The van der Waals surface area contributed by atoms with E-state index >= 15 is 8.78 Å². The van der Waals surface area contributed by atoms with Gasteiger partial charge in [-0.2, -0.15) is 5.26 Å². The minimum absolute atomic E-state index is 0.0964. The molecular weight excluding hydrogens is 513 g/mol. The highest BCUT2D eigenvalue weighted by atomic mass is 31.2. The standard InChI is InChI=1S/C27H21F2N4O4P/c1-31-27-23(6-4-21-7-12-32(13-8-21)11-2-17-34)25(28)24(19-30)22(26(27)29)5-3-20-9-14-33(15-10-20)16-18-38(35,36)37/h3-10,12-15,17H,2,11,16,18H2/p+2/b5-3+,6-4+. The first-order valence-electron chi connectivity index (χ1n) is 11.3. The second kappa shape index (κ2) is 12.8. The van der Waals surface area contributed by atoms with Gasteiger partial charge in [-0.3, -0.25) is 4.57 Å². The predicted molar refractivity (Wildman–Crippen MR) is 136 cm³/mol. The summed E-state index contributed by atoms with van der Waals surface area (Å²) >= 11 is 0. The van der Waals surface area contributed by atoms with Crippen LogP contribution in [0.2, 0.25) is 0 Å². The summed E-state index contributed by atoms with van der Waals surface area (Å²) in [7, 11) is -4.14. The van der Waals surface area contributed by atoms with E-state index in [0.29, 0.717) is 24.1 Å². The van der Waals surface area contributed by atoms with Gasteiger partial charge in [-0.25, -0.2) is 22.8 Å². The Morgan fingerprint density at radius 3 is 1.92 bits per heavy atom. The Hall–Kier alpha value is -4.34. The van der Waals surface area contributed by atoms with Crippen LogP contribution < -0.4 is 9.13 Å². The third kappa shape index (κ3) is 7.34. The highest BCUT2D eigenvalue weighted by Gasteiger charge is 2.22. The SMILES string of the molecule is [C-]#[N+]c1c(F)c(/C=C/c2cc[n+](CCP(=O)(O)O)cc2)c(C#N)c(F)c1/C=C/c1cc[n+](CCC=O)cc1. The number of benzene rings is 1. The average Bonchev–Trinajstić information content (AvgIpc) is 2.90. The lowest BCUT2D eigenvalue weighted by atomic mass is 9.98. The second-order valence-electron chi connectivity index (χ2n) is 8.15. The van der Waals surface area contributed by atoms with Crippen molar-refractivity contribution in [2.75, 3.05) is 6.16 Å². The zero-order valence-corrected chi connectivity index (χ0v) is 20.9. The van der Waals surface area contributed by atoms with E-state index in [1.165, 1.54) is 24.3 Å². The zero-order chi connectivity index (χ0) is 27.7. The number of hydrogen-bond donors (Lipinski definition) is 2. The van der Waals surface area contributed by atoms with Crippen molar-refractivity contribution in [3.05, 3.63) is 99.9 Å². The summed E-state index contributed by atoms with van der Waals surface area (Å²) in [5.41, 5.74) is -0.593. The van der Waals surface area contributed by atoms with E-state index < -0.39 is 30.5 Å². The molecule has 2 N–H and O–H groups in total. The number of aldehydes is 1. The third-order valence-electron chi connectivity index (χ3n) is 5.52. The first-order valence-corrected chi connectivity index (χ1v) is 13.1. The number of halogens is 2. The molecule has 0 aliphatic rings. The van der Waals surface area contributed by atoms with Gasteiger partial charge in [-0.15, -0.1) is 0 Å². The molecule has 0 radical (unpaired) electrons. The van der Waals surface area contributed by atoms with E-state index in [9.17, 15) is 14.6 Å². The van der Waals surface area contributed by atoms with Crippen LogP contribution in [0.25, 0.3) is 29.1 Å². The summed E-state index contributed by atoms with van der Waals surface area (Å²) < 4.78 is 45.0. The topological polar surface area (TPSA) is 111 Å².